The molecule has 0 amide bonds. The fourth-order valence-corrected chi connectivity index (χ4v) is 9.64. The van der Waals surface area contributed by atoms with E-state index >= 15 is 0 Å². The lowest BCUT2D eigenvalue weighted by Crippen LogP contribution is -2.00. The largest absolute Gasteiger partial charge is 0.455 e. The first-order chi connectivity index (χ1) is 28.7. The Labute approximate surface area is 337 Å². The molecular formula is C53H31N3OS. The molecule has 0 aliphatic heterocycles. The third kappa shape index (κ3) is 5.32. The lowest BCUT2D eigenvalue weighted by molar-refractivity contribution is 0.673. The quantitative estimate of drug-likeness (QED) is 0.175. The second-order valence-corrected chi connectivity index (χ2v) is 15.8. The van der Waals surface area contributed by atoms with Crippen molar-refractivity contribution in [2.75, 3.05) is 0 Å². The topological polar surface area (TPSA) is 51.8 Å². The zero-order chi connectivity index (χ0) is 38.2. The zero-order valence-electron chi connectivity index (χ0n) is 31.1. The van der Waals surface area contributed by atoms with Crippen molar-refractivity contribution in [1.82, 2.24) is 15.0 Å². The van der Waals surface area contributed by atoms with Crippen molar-refractivity contribution in [3.8, 4) is 56.4 Å². The van der Waals surface area contributed by atoms with Crippen LogP contribution in [0, 0.1) is 0 Å². The van der Waals surface area contributed by atoms with Gasteiger partial charge in [-0.15, -0.1) is 11.3 Å². The number of furan rings is 1. The summed E-state index contributed by atoms with van der Waals surface area (Å²) in [6.07, 6.45) is 0. The molecule has 4 nitrogen and oxygen atoms in total. The average Bonchev–Trinajstić information content (AvgIpc) is 3.87. The molecule has 58 heavy (non-hydrogen) atoms. The van der Waals surface area contributed by atoms with E-state index in [0.29, 0.717) is 17.5 Å². The first-order valence-electron chi connectivity index (χ1n) is 19.4. The Balaban J connectivity index is 1.03. The molecule has 0 aliphatic rings. The van der Waals surface area contributed by atoms with E-state index in [2.05, 4.69) is 188 Å². The summed E-state index contributed by atoms with van der Waals surface area (Å²) in [5, 5.41) is 9.19. The number of hydrogen-bond donors (Lipinski definition) is 0. The molecule has 12 aromatic rings. The lowest BCUT2D eigenvalue weighted by Gasteiger charge is -2.13. The second kappa shape index (κ2) is 13.1. The van der Waals surface area contributed by atoms with Gasteiger partial charge in [-0.3, -0.25) is 0 Å². The van der Waals surface area contributed by atoms with E-state index in [1.165, 1.54) is 42.2 Å². The van der Waals surface area contributed by atoms with E-state index in [1.807, 2.05) is 0 Å². The Bertz CT molecular complexity index is 3570. The third-order valence-electron chi connectivity index (χ3n) is 11.3. The highest BCUT2D eigenvalue weighted by Crippen LogP contribution is 2.41. The number of aromatic nitrogens is 3. The van der Waals surface area contributed by atoms with Crippen LogP contribution in [0.2, 0.25) is 0 Å². The fraction of sp³-hybridized carbons (Fsp3) is 0. The minimum atomic E-state index is 0.592. The number of benzene rings is 9. The van der Waals surface area contributed by atoms with Crippen molar-refractivity contribution in [3.63, 3.8) is 0 Å². The minimum absolute atomic E-state index is 0.592. The molecular weight excluding hydrogens is 727 g/mol. The molecule has 0 saturated heterocycles. The van der Waals surface area contributed by atoms with E-state index in [4.69, 9.17) is 19.4 Å². The van der Waals surface area contributed by atoms with Gasteiger partial charge in [0.2, 0.25) is 0 Å². The summed E-state index contributed by atoms with van der Waals surface area (Å²) in [6, 6.07) is 66.3. The van der Waals surface area contributed by atoms with Gasteiger partial charge >= 0.3 is 0 Å². The second-order valence-electron chi connectivity index (χ2n) is 14.7. The SMILES string of the molecule is c1ccc(-c2cc(-c3ccc(-c4nc(-c5ccc6c(c5)oc5c7ccccc7ccc65)nc(-c5cccc6sc7ccccc7c56)n4)cc3)c3ccccc3c2)cc1. The van der Waals surface area contributed by atoms with Crippen molar-refractivity contribution in [3.05, 3.63) is 188 Å². The molecule has 12 rings (SSSR count). The number of fused-ring (bicyclic) bond motifs is 9. The van der Waals surface area contributed by atoms with Gasteiger partial charge in [-0.2, -0.15) is 0 Å². The van der Waals surface area contributed by atoms with Crippen LogP contribution in [0.25, 0.3) is 120 Å². The van der Waals surface area contributed by atoms with Crippen molar-refractivity contribution in [1.29, 1.82) is 0 Å². The maximum Gasteiger partial charge on any atom is 0.164 e. The highest BCUT2D eigenvalue weighted by molar-refractivity contribution is 7.25. The number of rotatable bonds is 5. The van der Waals surface area contributed by atoms with E-state index < -0.39 is 0 Å². The molecule has 5 heteroatoms. The molecule has 3 aromatic heterocycles. The van der Waals surface area contributed by atoms with Gasteiger partial charge in [-0.05, 0) is 80.9 Å². The Morgan fingerprint density at radius 3 is 1.86 bits per heavy atom. The van der Waals surface area contributed by atoms with Gasteiger partial charge in [0, 0.05) is 53.0 Å². The Morgan fingerprint density at radius 2 is 1.00 bits per heavy atom. The lowest BCUT2D eigenvalue weighted by atomic mass is 9.92. The first kappa shape index (κ1) is 32.7. The third-order valence-corrected chi connectivity index (χ3v) is 12.5. The molecule has 9 aromatic carbocycles. The molecule has 0 radical (unpaired) electrons. The Morgan fingerprint density at radius 1 is 0.345 bits per heavy atom. The summed E-state index contributed by atoms with van der Waals surface area (Å²) in [5.41, 5.74) is 9.15. The smallest absolute Gasteiger partial charge is 0.164 e. The Hall–Kier alpha value is -7.47. The van der Waals surface area contributed by atoms with Crippen molar-refractivity contribution in [2.45, 2.75) is 0 Å². The number of thiophene rings is 1. The molecule has 0 aliphatic carbocycles. The van der Waals surface area contributed by atoms with Gasteiger partial charge in [-0.1, -0.05) is 146 Å². The van der Waals surface area contributed by atoms with Gasteiger partial charge in [0.05, 0.1) is 0 Å². The van der Waals surface area contributed by atoms with Crippen molar-refractivity contribution < 1.29 is 4.42 Å². The van der Waals surface area contributed by atoms with Gasteiger partial charge in [-0.25, -0.2) is 15.0 Å². The summed E-state index contributed by atoms with van der Waals surface area (Å²) in [5.74, 6) is 1.84. The normalized spacial score (nSPS) is 11.8. The van der Waals surface area contributed by atoms with E-state index in [0.717, 1.165) is 60.4 Å². The highest BCUT2D eigenvalue weighted by Gasteiger charge is 2.19. The van der Waals surface area contributed by atoms with Crippen LogP contribution in [0.3, 0.4) is 0 Å². The summed E-state index contributed by atoms with van der Waals surface area (Å²) in [4.78, 5) is 15.6. The molecule has 0 atom stereocenters. The molecule has 0 bridgehead atoms. The van der Waals surface area contributed by atoms with Crippen LogP contribution in [-0.4, -0.2) is 15.0 Å². The summed E-state index contributed by atoms with van der Waals surface area (Å²) < 4.78 is 9.04. The summed E-state index contributed by atoms with van der Waals surface area (Å²) >= 11 is 1.79. The maximum absolute atomic E-state index is 6.61. The molecule has 270 valence electrons. The van der Waals surface area contributed by atoms with Crippen LogP contribution in [-0.2, 0) is 0 Å². The van der Waals surface area contributed by atoms with Crippen LogP contribution in [0.1, 0.15) is 0 Å². The predicted molar refractivity (Wildman–Crippen MR) is 242 cm³/mol. The van der Waals surface area contributed by atoms with Gasteiger partial charge < -0.3 is 4.42 Å². The molecule has 3 heterocycles. The highest BCUT2D eigenvalue weighted by atomic mass is 32.1. The standard InChI is InChI=1S/C53H31N3OS/c1-2-11-32(12-3-1)38-29-36-14-5-6-15-39(36)45(30-38)34-21-23-35(24-22-34)51-54-52(56-53(55-51)44-18-10-20-48-49(44)43-17-8-9-19-47(43)58-48)37-26-27-41-42-28-25-33-13-4-7-16-40(33)50(42)57-46(41)31-37/h1-31H. The average molecular weight is 758 g/mol. The minimum Gasteiger partial charge on any atom is -0.455 e. The van der Waals surface area contributed by atoms with Crippen molar-refractivity contribution in [2.24, 2.45) is 0 Å². The molecule has 0 spiro atoms. The first-order valence-corrected chi connectivity index (χ1v) is 20.2. The number of nitrogens with zero attached hydrogens (tertiary/aromatic N) is 3. The van der Waals surface area contributed by atoms with Gasteiger partial charge in [0.25, 0.3) is 0 Å². The fourth-order valence-electron chi connectivity index (χ4n) is 8.50. The monoisotopic (exact) mass is 757 g/mol. The number of hydrogen-bond acceptors (Lipinski definition) is 5. The molecule has 0 N–H and O–H groups in total. The predicted octanol–water partition coefficient (Wildman–Crippen LogP) is 14.8. The van der Waals surface area contributed by atoms with Gasteiger partial charge in [0.1, 0.15) is 11.2 Å². The zero-order valence-corrected chi connectivity index (χ0v) is 31.9. The summed E-state index contributed by atoms with van der Waals surface area (Å²) in [7, 11) is 0. The van der Waals surface area contributed by atoms with Crippen LogP contribution in [0.15, 0.2) is 192 Å². The van der Waals surface area contributed by atoms with E-state index in [9.17, 15) is 0 Å². The molecule has 0 unspecified atom stereocenters. The van der Waals surface area contributed by atoms with Gasteiger partial charge in [0.15, 0.2) is 17.5 Å². The van der Waals surface area contributed by atoms with E-state index in [-0.39, 0.29) is 0 Å². The Kier molecular flexibility index (Phi) is 7.37. The van der Waals surface area contributed by atoms with Crippen LogP contribution in [0.4, 0.5) is 0 Å². The summed E-state index contributed by atoms with van der Waals surface area (Å²) in [6.45, 7) is 0. The van der Waals surface area contributed by atoms with Crippen molar-refractivity contribution >= 4 is 75.0 Å². The maximum atomic E-state index is 6.61. The van der Waals surface area contributed by atoms with Crippen LogP contribution < -0.4 is 0 Å². The van der Waals surface area contributed by atoms with E-state index in [1.54, 1.807) is 11.3 Å². The van der Waals surface area contributed by atoms with Crippen LogP contribution in [0.5, 0.6) is 0 Å². The molecule has 0 fully saturated rings. The van der Waals surface area contributed by atoms with Crippen LogP contribution >= 0.6 is 11.3 Å². The molecule has 0 saturated carbocycles.